The number of amides is 1. The molecule has 0 aromatic heterocycles. The predicted molar refractivity (Wildman–Crippen MR) is 60.1 cm³/mol. The van der Waals surface area contributed by atoms with Gasteiger partial charge >= 0.3 is 5.97 Å². The number of hydrogen-bond donors (Lipinski definition) is 3. The highest BCUT2D eigenvalue weighted by molar-refractivity contribution is 5.88. The Labute approximate surface area is 95.6 Å². The van der Waals surface area contributed by atoms with E-state index in [9.17, 15) is 9.59 Å². The Balaban J connectivity index is 2.36. The van der Waals surface area contributed by atoms with Crippen molar-refractivity contribution in [2.24, 2.45) is 0 Å². The van der Waals surface area contributed by atoms with E-state index in [2.05, 4.69) is 10.6 Å². The van der Waals surface area contributed by atoms with Gasteiger partial charge in [-0.15, -0.1) is 0 Å². The summed E-state index contributed by atoms with van der Waals surface area (Å²) in [5.74, 6) is -1.15. The van der Waals surface area contributed by atoms with Crippen molar-refractivity contribution in [3.8, 4) is 0 Å². The zero-order valence-electron chi connectivity index (χ0n) is 9.88. The number of carbonyl (C=O) groups is 2. The summed E-state index contributed by atoms with van der Waals surface area (Å²) in [6.07, 6.45) is 2.89. The molecule has 0 aromatic rings. The maximum atomic E-state index is 11.5. The Kier molecular flexibility index (Phi) is 4.29. The van der Waals surface area contributed by atoms with Crippen LogP contribution >= 0.6 is 0 Å². The van der Waals surface area contributed by atoms with Crippen LogP contribution in [-0.4, -0.2) is 35.1 Å². The second-order valence-electron chi connectivity index (χ2n) is 4.48. The van der Waals surface area contributed by atoms with E-state index in [1.807, 2.05) is 13.8 Å². The van der Waals surface area contributed by atoms with Crippen LogP contribution in [0.25, 0.3) is 0 Å². The van der Waals surface area contributed by atoms with Gasteiger partial charge in [0.05, 0.1) is 6.54 Å². The first-order valence-corrected chi connectivity index (χ1v) is 5.78. The maximum absolute atomic E-state index is 11.5. The third-order valence-corrected chi connectivity index (χ3v) is 3.22. The first kappa shape index (κ1) is 13.0. The molecule has 0 aliphatic heterocycles. The number of hydrogen-bond acceptors (Lipinski definition) is 3. The fourth-order valence-electron chi connectivity index (χ4n) is 1.65. The molecule has 0 spiro atoms. The van der Waals surface area contributed by atoms with Crippen molar-refractivity contribution >= 4 is 11.9 Å². The number of carboxylic acids is 1. The minimum atomic E-state index is -0.992. The summed E-state index contributed by atoms with van der Waals surface area (Å²) in [6.45, 7) is 4.20. The van der Waals surface area contributed by atoms with Crippen molar-refractivity contribution in [2.45, 2.75) is 51.1 Å². The summed E-state index contributed by atoms with van der Waals surface area (Å²) in [6, 6.07) is 0.271. The number of carboxylic acid groups (broad SMARTS) is 1. The minimum absolute atomic E-state index is 0.185. The molecule has 1 atom stereocenters. The van der Waals surface area contributed by atoms with Crippen molar-refractivity contribution in [1.29, 1.82) is 0 Å². The van der Waals surface area contributed by atoms with Gasteiger partial charge in [0.25, 0.3) is 0 Å². The lowest BCUT2D eigenvalue weighted by atomic mass is 9.77. The lowest BCUT2D eigenvalue weighted by Crippen LogP contribution is -2.60. The first-order valence-electron chi connectivity index (χ1n) is 5.78. The third-order valence-electron chi connectivity index (χ3n) is 3.22. The van der Waals surface area contributed by atoms with Crippen LogP contribution in [-0.2, 0) is 9.59 Å². The van der Waals surface area contributed by atoms with Gasteiger partial charge in [0.2, 0.25) is 5.91 Å². The summed E-state index contributed by atoms with van der Waals surface area (Å²) in [5.41, 5.74) is -0.992. The largest absolute Gasteiger partial charge is 0.480 e. The van der Waals surface area contributed by atoms with Gasteiger partial charge in [0.15, 0.2) is 0 Å². The molecule has 0 bridgehead atoms. The number of rotatable bonds is 6. The van der Waals surface area contributed by atoms with Crippen LogP contribution in [0.2, 0.25) is 0 Å². The highest BCUT2D eigenvalue weighted by atomic mass is 16.4. The smallest absolute Gasteiger partial charge is 0.329 e. The molecular formula is C11H20N2O3. The van der Waals surface area contributed by atoms with E-state index in [0.717, 1.165) is 12.8 Å². The van der Waals surface area contributed by atoms with E-state index in [4.69, 9.17) is 5.11 Å². The summed E-state index contributed by atoms with van der Waals surface area (Å²) in [7, 11) is 0. The van der Waals surface area contributed by atoms with Gasteiger partial charge in [0, 0.05) is 6.04 Å². The van der Waals surface area contributed by atoms with Gasteiger partial charge in [0.1, 0.15) is 5.54 Å². The fourth-order valence-corrected chi connectivity index (χ4v) is 1.65. The zero-order chi connectivity index (χ0) is 12.2. The van der Waals surface area contributed by atoms with Gasteiger partial charge in [-0.05, 0) is 32.6 Å². The molecule has 1 saturated carbocycles. The summed E-state index contributed by atoms with van der Waals surface area (Å²) < 4.78 is 0. The maximum Gasteiger partial charge on any atom is 0.329 e. The van der Waals surface area contributed by atoms with Gasteiger partial charge in [-0.25, -0.2) is 4.79 Å². The van der Waals surface area contributed by atoms with Crippen molar-refractivity contribution in [2.75, 3.05) is 6.54 Å². The van der Waals surface area contributed by atoms with Crippen LogP contribution < -0.4 is 10.6 Å². The van der Waals surface area contributed by atoms with Crippen LogP contribution in [0, 0.1) is 0 Å². The Morgan fingerprint density at radius 3 is 2.44 bits per heavy atom. The Morgan fingerprint density at radius 1 is 1.44 bits per heavy atom. The topological polar surface area (TPSA) is 78.4 Å². The molecule has 16 heavy (non-hydrogen) atoms. The quantitative estimate of drug-likeness (QED) is 0.618. The average molecular weight is 228 g/mol. The molecule has 1 fully saturated rings. The summed E-state index contributed by atoms with van der Waals surface area (Å²) in [4.78, 5) is 22.5. The van der Waals surface area contributed by atoms with Crippen LogP contribution in [0.3, 0.4) is 0 Å². The van der Waals surface area contributed by atoms with Crippen LogP contribution in [0.5, 0.6) is 0 Å². The molecule has 5 heteroatoms. The third kappa shape index (κ3) is 2.95. The van der Waals surface area contributed by atoms with Gasteiger partial charge in [-0.1, -0.05) is 6.92 Å². The molecule has 1 amide bonds. The van der Waals surface area contributed by atoms with Crippen molar-refractivity contribution < 1.29 is 14.7 Å². The molecule has 92 valence electrons. The van der Waals surface area contributed by atoms with Crippen LogP contribution in [0.15, 0.2) is 0 Å². The molecule has 1 aliphatic carbocycles. The van der Waals surface area contributed by atoms with Gasteiger partial charge in [-0.3, -0.25) is 4.79 Å². The molecular weight excluding hydrogens is 208 g/mol. The molecule has 3 N–H and O–H groups in total. The highest BCUT2D eigenvalue weighted by Crippen LogP contribution is 2.31. The average Bonchev–Trinajstić information content (AvgIpc) is 2.19. The van der Waals surface area contributed by atoms with Gasteiger partial charge in [-0.2, -0.15) is 0 Å². The molecule has 0 radical (unpaired) electrons. The standard InChI is InChI=1S/C11H20N2O3/c1-3-8(2)12-7-9(14)13-11(10(15)16)5-4-6-11/h8,12H,3-7H2,1-2H3,(H,13,14)(H,15,16). The number of carbonyl (C=O) groups excluding carboxylic acids is 1. The second kappa shape index (κ2) is 5.30. The first-order chi connectivity index (χ1) is 7.50. The molecule has 5 nitrogen and oxygen atoms in total. The zero-order valence-corrected chi connectivity index (χ0v) is 9.88. The monoisotopic (exact) mass is 228 g/mol. The molecule has 1 aliphatic rings. The van der Waals surface area contributed by atoms with Crippen molar-refractivity contribution in [1.82, 2.24) is 10.6 Å². The Bertz CT molecular complexity index is 274. The molecule has 0 saturated heterocycles. The molecule has 1 rings (SSSR count). The molecule has 0 aromatic carbocycles. The SMILES string of the molecule is CCC(C)NCC(=O)NC1(C(=O)O)CCC1. The minimum Gasteiger partial charge on any atom is -0.480 e. The number of aliphatic carboxylic acids is 1. The van der Waals surface area contributed by atoms with Crippen molar-refractivity contribution in [3.05, 3.63) is 0 Å². The lowest BCUT2D eigenvalue weighted by molar-refractivity contribution is -0.151. The normalized spacial score (nSPS) is 19.6. The lowest BCUT2D eigenvalue weighted by Gasteiger charge is -2.38. The molecule has 1 unspecified atom stereocenters. The van der Waals surface area contributed by atoms with Gasteiger partial charge < -0.3 is 15.7 Å². The second-order valence-corrected chi connectivity index (χ2v) is 4.48. The van der Waals surface area contributed by atoms with E-state index in [0.29, 0.717) is 12.8 Å². The van der Waals surface area contributed by atoms with E-state index in [1.165, 1.54) is 0 Å². The number of nitrogens with one attached hydrogen (secondary N) is 2. The summed E-state index contributed by atoms with van der Waals surface area (Å²) >= 11 is 0. The van der Waals surface area contributed by atoms with E-state index in [-0.39, 0.29) is 18.5 Å². The fraction of sp³-hybridized carbons (Fsp3) is 0.818. The predicted octanol–water partition coefficient (Wildman–Crippen LogP) is 0.498. The van der Waals surface area contributed by atoms with E-state index in [1.54, 1.807) is 0 Å². The highest BCUT2D eigenvalue weighted by Gasteiger charge is 2.45. The van der Waals surface area contributed by atoms with Crippen molar-refractivity contribution in [3.63, 3.8) is 0 Å². The van der Waals surface area contributed by atoms with Crippen LogP contribution in [0.1, 0.15) is 39.5 Å². The van der Waals surface area contributed by atoms with E-state index < -0.39 is 11.5 Å². The van der Waals surface area contributed by atoms with Crippen LogP contribution in [0.4, 0.5) is 0 Å². The Morgan fingerprint density at radius 2 is 2.06 bits per heavy atom. The molecule has 0 heterocycles. The Hall–Kier alpha value is -1.10. The summed E-state index contributed by atoms with van der Waals surface area (Å²) in [5, 5.41) is 14.7. The van der Waals surface area contributed by atoms with E-state index >= 15 is 0 Å².